The van der Waals surface area contributed by atoms with Gasteiger partial charge >= 0.3 is 0 Å². The van der Waals surface area contributed by atoms with Crippen LogP contribution in [0.1, 0.15) is 24.8 Å². The van der Waals surface area contributed by atoms with Crippen LogP contribution in [-0.2, 0) is 22.6 Å². The molecule has 1 aliphatic rings. The first-order chi connectivity index (χ1) is 16.6. The summed E-state index contributed by atoms with van der Waals surface area (Å²) in [5.41, 5.74) is 1.49. The number of carbonyl (C=O) groups excluding carboxylic acids is 1. The zero-order chi connectivity index (χ0) is 23.8. The Hall–Kier alpha value is -3.23. The number of hydrogen-bond donors (Lipinski definition) is 1. The summed E-state index contributed by atoms with van der Waals surface area (Å²) in [4.78, 5) is 31.5. The van der Waals surface area contributed by atoms with Gasteiger partial charge in [0.05, 0.1) is 17.2 Å². The number of carbonyl (C=O) groups is 1. The number of nitrogens with zero attached hydrogens (tertiary/aromatic N) is 3. The Morgan fingerprint density at radius 1 is 1.21 bits per heavy atom. The second-order valence-corrected chi connectivity index (χ2v) is 8.61. The zero-order valence-electron chi connectivity index (χ0n) is 19.6. The standard InChI is InChI=1S/C26H32N4O4/c1-29(21-10-14-33-15-11-21)13-16-34-22-6-4-5-20(17-22)18-27-25(31)9-12-30-19-28-24-8-3-2-7-23(24)26(30)32/h2-8,17,19,21H,9-16,18H2,1H3,(H,27,31). The molecule has 2 aromatic carbocycles. The summed E-state index contributed by atoms with van der Waals surface area (Å²) in [5, 5.41) is 3.48. The van der Waals surface area contributed by atoms with E-state index in [4.69, 9.17) is 9.47 Å². The molecule has 1 aromatic heterocycles. The number of para-hydroxylation sites is 1. The normalized spacial score (nSPS) is 14.4. The van der Waals surface area contributed by atoms with Crippen LogP contribution in [0.25, 0.3) is 10.9 Å². The van der Waals surface area contributed by atoms with E-state index >= 15 is 0 Å². The highest BCUT2D eigenvalue weighted by Gasteiger charge is 2.18. The number of fused-ring (bicyclic) bond motifs is 1. The average Bonchev–Trinajstić information content (AvgIpc) is 2.88. The van der Waals surface area contributed by atoms with Crippen LogP contribution in [0, 0.1) is 0 Å². The van der Waals surface area contributed by atoms with E-state index < -0.39 is 0 Å². The molecule has 1 aliphatic heterocycles. The molecule has 180 valence electrons. The highest BCUT2D eigenvalue weighted by atomic mass is 16.5. The van der Waals surface area contributed by atoms with Crippen LogP contribution >= 0.6 is 0 Å². The van der Waals surface area contributed by atoms with E-state index in [1.165, 1.54) is 10.9 Å². The van der Waals surface area contributed by atoms with Crippen LogP contribution in [0.2, 0.25) is 0 Å². The highest BCUT2D eigenvalue weighted by molar-refractivity contribution is 5.77. The number of aromatic nitrogens is 2. The van der Waals surface area contributed by atoms with Crippen molar-refractivity contribution < 1.29 is 14.3 Å². The fraction of sp³-hybridized carbons (Fsp3) is 0.423. The molecule has 3 aromatic rings. The van der Waals surface area contributed by atoms with E-state index in [1.807, 2.05) is 36.4 Å². The molecule has 0 unspecified atom stereocenters. The number of rotatable bonds is 10. The zero-order valence-corrected chi connectivity index (χ0v) is 19.6. The summed E-state index contributed by atoms with van der Waals surface area (Å²) in [5.74, 6) is 0.672. The summed E-state index contributed by atoms with van der Waals surface area (Å²) in [6.45, 7) is 3.82. The van der Waals surface area contributed by atoms with Crippen LogP contribution in [0.3, 0.4) is 0 Å². The van der Waals surface area contributed by atoms with Crippen LogP contribution in [0.4, 0.5) is 0 Å². The van der Waals surface area contributed by atoms with Crippen molar-refractivity contribution in [3.8, 4) is 5.75 Å². The van der Waals surface area contributed by atoms with E-state index in [0.717, 1.165) is 43.9 Å². The number of nitrogens with one attached hydrogen (secondary N) is 1. The topological polar surface area (TPSA) is 85.7 Å². The third kappa shape index (κ3) is 6.42. The molecule has 1 fully saturated rings. The van der Waals surface area contributed by atoms with Crippen molar-refractivity contribution in [2.45, 2.75) is 38.4 Å². The van der Waals surface area contributed by atoms with Gasteiger partial charge in [-0.05, 0) is 49.7 Å². The number of aryl methyl sites for hydroxylation is 1. The molecule has 8 nitrogen and oxygen atoms in total. The van der Waals surface area contributed by atoms with Gasteiger partial charge in [0.1, 0.15) is 12.4 Å². The predicted molar refractivity (Wildman–Crippen MR) is 131 cm³/mol. The minimum Gasteiger partial charge on any atom is -0.492 e. The van der Waals surface area contributed by atoms with Crippen LogP contribution in [-0.4, -0.2) is 59.8 Å². The van der Waals surface area contributed by atoms with Crippen molar-refractivity contribution in [3.05, 3.63) is 70.8 Å². The van der Waals surface area contributed by atoms with Crippen LogP contribution < -0.4 is 15.6 Å². The molecule has 0 aliphatic carbocycles. The van der Waals surface area contributed by atoms with Gasteiger partial charge in [0.2, 0.25) is 5.91 Å². The van der Waals surface area contributed by atoms with Gasteiger partial charge < -0.3 is 14.8 Å². The summed E-state index contributed by atoms with van der Waals surface area (Å²) < 4.78 is 12.8. The molecular weight excluding hydrogens is 432 g/mol. The van der Waals surface area contributed by atoms with E-state index in [1.54, 1.807) is 12.1 Å². The molecule has 34 heavy (non-hydrogen) atoms. The maximum absolute atomic E-state index is 12.5. The monoisotopic (exact) mass is 464 g/mol. The lowest BCUT2D eigenvalue weighted by atomic mass is 10.1. The first-order valence-corrected chi connectivity index (χ1v) is 11.8. The number of amides is 1. The van der Waals surface area contributed by atoms with Crippen LogP contribution in [0.15, 0.2) is 59.7 Å². The first kappa shape index (κ1) is 23.9. The molecule has 0 saturated carbocycles. The largest absolute Gasteiger partial charge is 0.492 e. The van der Waals surface area contributed by atoms with Crippen molar-refractivity contribution in [3.63, 3.8) is 0 Å². The molecule has 0 bridgehead atoms. The van der Waals surface area contributed by atoms with Gasteiger partial charge in [0.25, 0.3) is 5.56 Å². The van der Waals surface area contributed by atoms with E-state index in [0.29, 0.717) is 30.1 Å². The molecule has 0 atom stereocenters. The van der Waals surface area contributed by atoms with Gasteiger partial charge in [0.15, 0.2) is 0 Å². The van der Waals surface area contributed by atoms with Crippen molar-refractivity contribution >= 4 is 16.8 Å². The van der Waals surface area contributed by atoms with E-state index in [2.05, 4.69) is 22.2 Å². The fourth-order valence-corrected chi connectivity index (χ4v) is 4.14. The first-order valence-electron chi connectivity index (χ1n) is 11.8. The van der Waals surface area contributed by atoms with Crippen molar-refractivity contribution in [2.24, 2.45) is 0 Å². The number of likely N-dealkylation sites (N-methyl/N-ethyl adjacent to an activating group) is 1. The molecule has 0 radical (unpaired) electrons. The number of hydrogen-bond acceptors (Lipinski definition) is 6. The highest BCUT2D eigenvalue weighted by Crippen LogP contribution is 2.15. The van der Waals surface area contributed by atoms with Gasteiger partial charge in [-0.1, -0.05) is 24.3 Å². The maximum atomic E-state index is 12.5. The Kier molecular flexibility index (Phi) is 8.27. The molecule has 1 amide bonds. The number of ether oxygens (including phenoxy) is 2. The SMILES string of the molecule is CN(CCOc1cccc(CNC(=O)CCn2cnc3ccccc3c2=O)c1)C1CCOCC1. The van der Waals surface area contributed by atoms with Crippen LogP contribution in [0.5, 0.6) is 5.75 Å². The molecule has 0 spiro atoms. The van der Waals surface area contributed by atoms with Gasteiger partial charge in [-0.15, -0.1) is 0 Å². The van der Waals surface area contributed by atoms with Gasteiger partial charge in [0, 0.05) is 45.3 Å². The Labute approximate surface area is 199 Å². The summed E-state index contributed by atoms with van der Waals surface area (Å²) in [6.07, 6.45) is 3.84. The lowest BCUT2D eigenvalue weighted by Gasteiger charge is -2.31. The Morgan fingerprint density at radius 2 is 2.03 bits per heavy atom. The van der Waals surface area contributed by atoms with Gasteiger partial charge in [-0.2, -0.15) is 0 Å². The Morgan fingerprint density at radius 3 is 2.88 bits per heavy atom. The van der Waals surface area contributed by atoms with Gasteiger partial charge in [-0.3, -0.25) is 19.1 Å². The summed E-state index contributed by atoms with van der Waals surface area (Å²) >= 11 is 0. The second kappa shape index (κ2) is 11.8. The average molecular weight is 465 g/mol. The third-order valence-corrected chi connectivity index (χ3v) is 6.23. The molecule has 4 rings (SSSR count). The molecule has 1 saturated heterocycles. The third-order valence-electron chi connectivity index (χ3n) is 6.23. The van der Waals surface area contributed by atoms with Crippen molar-refractivity contribution in [2.75, 3.05) is 33.4 Å². The minimum atomic E-state index is -0.134. The van der Waals surface area contributed by atoms with Gasteiger partial charge in [-0.25, -0.2) is 4.98 Å². The van der Waals surface area contributed by atoms with E-state index in [9.17, 15) is 9.59 Å². The van der Waals surface area contributed by atoms with Crippen molar-refractivity contribution in [1.82, 2.24) is 19.8 Å². The quantitative estimate of drug-likeness (QED) is 0.497. The maximum Gasteiger partial charge on any atom is 0.261 e. The fourth-order valence-electron chi connectivity index (χ4n) is 4.14. The van der Waals surface area contributed by atoms with Crippen molar-refractivity contribution in [1.29, 1.82) is 0 Å². The Balaban J connectivity index is 1.21. The summed E-state index contributed by atoms with van der Waals surface area (Å²) in [6, 6.07) is 15.5. The van der Waals surface area contributed by atoms with E-state index in [-0.39, 0.29) is 24.4 Å². The molecule has 8 heteroatoms. The lowest BCUT2D eigenvalue weighted by molar-refractivity contribution is -0.121. The minimum absolute atomic E-state index is 0.121. The molecule has 1 N–H and O–H groups in total. The second-order valence-electron chi connectivity index (χ2n) is 8.61. The molecule has 2 heterocycles. The Bertz CT molecular complexity index is 1160. The predicted octanol–water partition coefficient (Wildman–Crippen LogP) is 2.59. The summed E-state index contributed by atoms with van der Waals surface area (Å²) in [7, 11) is 2.13. The smallest absolute Gasteiger partial charge is 0.261 e. The lowest BCUT2D eigenvalue weighted by Crippen LogP contribution is -2.38. The number of benzene rings is 2. The molecular formula is C26H32N4O4.